The summed E-state index contributed by atoms with van der Waals surface area (Å²) in [5.41, 5.74) is 0. The second kappa shape index (κ2) is 5.64. The normalized spacial score (nSPS) is 23.9. The fourth-order valence-corrected chi connectivity index (χ4v) is 2.66. The maximum absolute atomic E-state index is 5.87. The van der Waals surface area contributed by atoms with E-state index in [4.69, 9.17) is 4.74 Å². The van der Waals surface area contributed by atoms with Crippen molar-refractivity contribution in [3.05, 3.63) is 22.4 Å². The van der Waals surface area contributed by atoms with Crippen molar-refractivity contribution in [2.75, 3.05) is 13.2 Å². The van der Waals surface area contributed by atoms with Crippen LogP contribution in [0.4, 0.5) is 0 Å². The van der Waals surface area contributed by atoms with Gasteiger partial charge in [-0.3, -0.25) is 0 Å². The molecule has 0 radical (unpaired) electrons. The minimum atomic E-state index is 0.244. The topological polar surface area (TPSA) is 21.3 Å². The Balaban J connectivity index is 1.73. The van der Waals surface area contributed by atoms with Gasteiger partial charge in [0.2, 0.25) is 0 Å². The standard InChI is InChI=1S/C12H19NOS/c1-10(12-6-4-8-15-12)14-9-11-5-2-3-7-13-11/h4,6,8,10-11,13H,2-3,5,7,9H2,1H3. The molecule has 0 aliphatic carbocycles. The largest absolute Gasteiger partial charge is 0.371 e. The summed E-state index contributed by atoms with van der Waals surface area (Å²) in [4.78, 5) is 1.32. The highest BCUT2D eigenvalue weighted by molar-refractivity contribution is 7.10. The van der Waals surface area contributed by atoms with E-state index in [-0.39, 0.29) is 6.10 Å². The predicted molar refractivity (Wildman–Crippen MR) is 64.3 cm³/mol. The molecule has 1 saturated heterocycles. The van der Waals surface area contributed by atoms with Gasteiger partial charge in [0.05, 0.1) is 12.7 Å². The first-order valence-electron chi connectivity index (χ1n) is 5.74. The van der Waals surface area contributed by atoms with E-state index in [9.17, 15) is 0 Å². The first-order valence-corrected chi connectivity index (χ1v) is 6.62. The van der Waals surface area contributed by atoms with Gasteiger partial charge < -0.3 is 10.1 Å². The van der Waals surface area contributed by atoms with Crippen molar-refractivity contribution in [2.45, 2.75) is 38.3 Å². The van der Waals surface area contributed by atoms with Gasteiger partial charge in [-0.25, -0.2) is 0 Å². The van der Waals surface area contributed by atoms with Crippen LogP contribution in [0.25, 0.3) is 0 Å². The summed E-state index contributed by atoms with van der Waals surface area (Å²) in [6.45, 7) is 4.13. The molecule has 0 bridgehead atoms. The average Bonchev–Trinajstić information content (AvgIpc) is 2.81. The summed E-state index contributed by atoms with van der Waals surface area (Å²) >= 11 is 1.77. The molecule has 2 rings (SSSR count). The van der Waals surface area contributed by atoms with Crippen molar-refractivity contribution in [2.24, 2.45) is 0 Å². The van der Waals surface area contributed by atoms with E-state index in [1.54, 1.807) is 11.3 Å². The monoisotopic (exact) mass is 225 g/mol. The van der Waals surface area contributed by atoms with Crippen LogP contribution in [0, 0.1) is 0 Å². The molecular formula is C12H19NOS. The molecule has 1 aliphatic rings. The van der Waals surface area contributed by atoms with E-state index >= 15 is 0 Å². The highest BCUT2D eigenvalue weighted by atomic mass is 32.1. The Morgan fingerprint density at radius 2 is 2.53 bits per heavy atom. The molecule has 2 nitrogen and oxygen atoms in total. The second-order valence-electron chi connectivity index (χ2n) is 4.14. The Bertz CT molecular complexity index is 267. The zero-order chi connectivity index (χ0) is 10.5. The number of hydrogen-bond acceptors (Lipinski definition) is 3. The zero-order valence-electron chi connectivity index (χ0n) is 9.24. The van der Waals surface area contributed by atoms with Gasteiger partial charge in [-0.15, -0.1) is 11.3 Å². The molecule has 2 heterocycles. The second-order valence-corrected chi connectivity index (χ2v) is 5.12. The number of thiophene rings is 1. The molecule has 2 unspecified atom stereocenters. The number of piperidine rings is 1. The van der Waals surface area contributed by atoms with Crippen LogP contribution >= 0.6 is 11.3 Å². The number of nitrogens with one attached hydrogen (secondary N) is 1. The third kappa shape index (κ3) is 3.30. The summed E-state index contributed by atoms with van der Waals surface area (Å²) in [6.07, 6.45) is 4.16. The highest BCUT2D eigenvalue weighted by Crippen LogP contribution is 2.22. The van der Waals surface area contributed by atoms with Gasteiger partial charge in [0.15, 0.2) is 0 Å². The quantitative estimate of drug-likeness (QED) is 0.850. The van der Waals surface area contributed by atoms with E-state index < -0.39 is 0 Å². The van der Waals surface area contributed by atoms with Crippen LogP contribution in [0.3, 0.4) is 0 Å². The molecule has 0 amide bonds. The van der Waals surface area contributed by atoms with Crippen LogP contribution in [0.15, 0.2) is 17.5 Å². The minimum Gasteiger partial charge on any atom is -0.371 e. The third-order valence-electron chi connectivity index (χ3n) is 2.90. The fraction of sp³-hybridized carbons (Fsp3) is 0.667. The third-order valence-corrected chi connectivity index (χ3v) is 3.94. The van der Waals surface area contributed by atoms with Crippen LogP contribution in [-0.4, -0.2) is 19.2 Å². The van der Waals surface area contributed by atoms with E-state index in [0.29, 0.717) is 6.04 Å². The summed E-state index contributed by atoms with van der Waals surface area (Å²) in [6, 6.07) is 4.80. The summed E-state index contributed by atoms with van der Waals surface area (Å²) in [5, 5.41) is 5.60. The van der Waals surface area contributed by atoms with Crippen LogP contribution in [0.5, 0.6) is 0 Å². The van der Waals surface area contributed by atoms with Crippen LogP contribution in [-0.2, 0) is 4.74 Å². The molecule has 1 aromatic rings. The lowest BCUT2D eigenvalue weighted by Gasteiger charge is -2.24. The molecule has 1 N–H and O–H groups in total. The van der Waals surface area contributed by atoms with Gasteiger partial charge >= 0.3 is 0 Å². The van der Waals surface area contributed by atoms with Crippen molar-refractivity contribution >= 4 is 11.3 Å². The molecule has 2 atom stereocenters. The van der Waals surface area contributed by atoms with E-state index in [1.807, 2.05) is 0 Å². The lowest BCUT2D eigenvalue weighted by Crippen LogP contribution is -2.37. The summed E-state index contributed by atoms with van der Waals surface area (Å²) in [7, 11) is 0. The average molecular weight is 225 g/mol. The Morgan fingerprint density at radius 3 is 3.20 bits per heavy atom. The lowest BCUT2D eigenvalue weighted by atomic mass is 10.1. The number of ether oxygens (including phenoxy) is 1. The van der Waals surface area contributed by atoms with Crippen molar-refractivity contribution in [1.29, 1.82) is 0 Å². The van der Waals surface area contributed by atoms with E-state index in [2.05, 4.69) is 29.8 Å². The van der Waals surface area contributed by atoms with Crippen LogP contribution < -0.4 is 5.32 Å². The molecule has 0 spiro atoms. The van der Waals surface area contributed by atoms with Gasteiger partial charge in [-0.1, -0.05) is 12.5 Å². The summed E-state index contributed by atoms with van der Waals surface area (Å²) < 4.78 is 5.87. The molecule has 0 saturated carbocycles. The molecule has 1 fully saturated rings. The zero-order valence-corrected chi connectivity index (χ0v) is 10.1. The smallest absolute Gasteiger partial charge is 0.0889 e. The minimum absolute atomic E-state index is 0.244. The van der Waals surface area contributed by atoms with Crippen LogP contribution in [0.2, 0.25) is 0 Å². The number of hydrogen-bond donors (Lipinski definition) is 1. The highest BCUT2D eigenvalue weighted by Gasteiger charge is 2.14. The first kappa shape index (κ1) is 11.1. The molecule has 1 aliphatic heterocycles. The van der Waals surface area contributed by atoms with Gasteiger partial charge in [0, 0.05) is 10.9 Å². The van der Waals surface area contributed by atoms with E-state index in [0.717, 1.165) is 13.2 Å². The molecule has 15 heavy (non-hydrogen) atoms. The lowest BCUT2D eigenvalue weighted by molar-refractivity contribution is 0.0461. The van der Waals surface area contributed by atoms with Crippen molar-refractivity contribution in [1.82, 2.24) is 5.32 Å². The molecule has 3 heteroatoms. The molecule has 84 valence electrons. The maximum Gasteiger partial charge on any atom is 0.0889 e. The molecular weight excluding hydrogens is 206 g/mol. The van der Waals surface area contributed by atoms with Crippen molar-refractivity contribution in [3.63, 3.8) is 0 Å². The predicted octanol–water partition coefficient (Wildman–Crippen LogP) is 2.97. The van der Waals surface area contributed by atoms with Crippen molar-refractivity contribution in [3.8, 4) is 0 Å². The summed E-state index contributed by atoms with van der Waals surface area (Å²) in [5.74, 6) is 0. The van der Waals surface area contributed by atoms with Gasteiger partial charge in [-0.2, -0.15) is 0 Å². The first-order chi connectivity index (χ1) is 7.36. The van der Waals surface area contributed by atoms with Gasteiger partial charge in [0.25, 0.3) is 0 Å². The molecule has 1 aromatic heterocycles. The van der Waals surface area contributed by atoms with Gasteiger partial charge in [-0.05, 0) is 37.8 Å². The Hall–Kier alpha value is -0.380. The van der Waals surface area contributed by atoms with E-state index in [1.165, 1.54) is 24.1 Å². The Kier molecular flexibility index (Phi) is 4.18. The SMILES string of the molecule is CC(OCC1CCCCN1)c1cccs1. The van der Waals surface area contributed by atoms with Gasteiger partial charge in [0.1, 0.15) is 0 Å². The Labute approximate surface area is 95.6 Å². The molecule has 0 aromatic carbocycles. The fourth-order valence-electron chi connectivity index (χ4n) is 1.93. The maximum atomic E-state index is 5.87. The Morgan fingerprint density at radius 1 is 1.60 bits per heavy atom. The number of rotatable bonds is 4. The van der Waals surface area contributed by atoms with Crippen LogP contribution in [0.1, 0.15) is 37.2 Å². The van der Waals surface area contributed by atoms with Crippen molar-refractivity contribution < 1.29 is 4.74 Å².